The fraction of sp³-hybridized carbons (Fsp3) is 0.500. The van der Waals surface area contributed by atoms with Crippen LogP contribution in [0.15, 0.2) is 18.2 Å². The molecule has 3 rings (SSSR count). The fourth-order valence-electron chi connectivity index (χ4n) is 3.09. The Hall–Kier alpha value is -1.28. The molecule has 1 aliphatic carbocycles. The van der Waals surface area contributed by atoms with Crippen LogP contribution in [0.1, 0.15) is 43.5 Å². The summed E-state index contributed by atoms with van der Waals surface area (Å²) < 4.78 is 0. The molecule has 0 saturated heterocycles. The predicted octanol–water partition coefficient (Wildman–Crippen LogP) is 3.33. The van der Waals surface area contributed by atoms with Gasteiger partial charge in [0.1, 0.15) is 0 Å². The summed E-state index contributed by atoms with van der Waals surface area (Å²) in [4.78, 5) is 3.57. The molecule has 0 fully saturated rings. The van der Waals surface area contributed by atoms with Gasteiger partial charge < -0.3 is 10.7 Å². The van der Waals surface area contributed by atoms with E-state index in [4.69, 9.17) is 5.73 Å². The van der Waals surface area contributed by atoms with Gasteiger partial charge in [-0.2, -0.15) is 0 Å². The summed E-state index contributed by atoms with van der Waals surface area (Å²) in [5, 5.41) is 1.42. The number of aryl methyl sites for hydroxylation is 2. The van der Waals surface area contributed by atoms with Crippen molar-refractivity contribution in [1.82, 2.24) is 4.98 Å². The minimum absolute atomic E-state index is 0.135. The smallest absolute Gasteiger partial charge is 0.0459 e. The van der Waals surface area contributed by atoms with Crippen molar-refractivity contribution in [2.45, 2.75) is 51.5 Å². The molecule has 0 atom stereocenters. The van der Waals surface area contributed by atoms with Gasteiger partial charge in [0.2, 0.25) is 0 Å². The average Bonchev–Trinajstić information content (AvgIpc) is 2.65. The molecule has 0 aliphatic heterocycles. The number of aromatic amines is 1. The van der Waals surface area contributed by atoms with E-state index in [-0.39, 0.29) is 5.54 Å². The van der Waals surface area contributed by atoms with E-state index in [0.717, 1.165) is 6.42 Å². The van der Waals surface area contributed by atoms with Crippen LogP contribution in [0.4, 0.5) is 0 Å². The van der Waals surface area contributed by atoms with Crippen molar-refractivity contribution in [2.75, 3.05) is 0 Å². The molecule has 2 aromatic rings. The van der Waals surface area contributed by atoms with Crippen molar-refractivity contribution in [1.29, 1.82) is 0 Å². The summed E-state index contributed by atoms with van der Waals surface area (Å²) in [6.45, 7) is 4.17. The molecule has 2 nitrogen and oxygen atoms in total. The van der Waals surface area contributed by atoms with Gasteiger partial charge in [-0.1, -0.05) is 6.07 Å². The van der Waals surface area contributed by atoms with Crippen molar-refractivity contribution in [3.05, 3.63) is 35.0 Å². The summed E-state index contributed by atoms with van der Waals surface area (Å²) >= 11 is 0. The Morgan fingerprint density at radius 3 is 2.78 bits per heavy atom. The van der Waals surface area contributed by atoms with Gasteiger partial charge in [-0.15, -0.1) is 0 Å². The third-order valence-corrected chi connectivity index (χ3v) is 3.82. The van der Waals surface area contributed by atoms with E-state index in [1.54, 1.807) is 5.56 Å². The summed E-state index contributed by atoms with van der Waals surface area (Å²) in [6.07, 6.45) is 6.02. The van der Waals surface area contributed by atoms with E-state index in [1.165, 1.54) is 47.8 Å². The Balaban J connectivity index is 2.05. The Labute approximate surface area is 109 Å². The quantitative estimate of drug-likeness (QED) is 0.833. The van der Waals surface area contributed by atoms with Crippen LogP contribution in [0.2, 0.25) is 0 Å². The first-order valence-corrected chi connectivity index (χ1v) is 6.94. The second kappa shape index (κ2) is 4.13. The van der Waals surface area contributed by atoms with E-state index >= 15 is 0 Å². The number of H-pyrrole nitrogens is 1. The molecule has 96 valence electrons. The Morgan fingerprint density at radius 1 is 1.22 bits per heavy atom. The Morgan fingerprint density at radius 2 is 2.00 bits per heavy atom. The van der Waals surface area contributed by atoms with Gasteiger partial charge in [-0.05, 0) is 69.2 Å². The molecular formula is C16H22N2. The molecule has 1 aromatic carbocycles. The van der Waals surface area contributed by atoms with Gasteiger partial charge in [-0.3, -0.25) is 0 Å². The largest absolute Gasteiger partial charge is 0.358 e. The Kier molecular flexibility index (Phi) is 2.70. The lowest BCUT2D eigenvalue weighted by Crippen LogP contribution is -2.34. The molecule has 1 heterocycles. The summed E-state index contributed by atoms with van der Waals surface area (Å²) in [7, 11) is 0. The first-order valence-electron chi connectivity index (χ1n) is 6.94. The van der Waals surface area contributed by atoms with E-state index in [2.05, 4.69) is 37.0 Å². The topological polar surface area (TPSA) is 41.8 Å². The maximum absolute atomic E-state index is 6.12. The molecule has 0 bridgehead atoms. The van der Waals surface area contributed by atoms with Crippen LogP contribution in [-0.2, 0) is 19.3 Å². The third-order valence-electron chi connectivity index (χ3n) is 3.82. The number of hydrogen-bond acceptors (Lipinski definition) is 1. The normalized spacial score (nSPS) is 15.9. The zero-order valence-corrected chi connectivity index (χ0v) is 11.3. The highest BCUT2D eigenvalue weighted by molar-refractivity contribution is 5.85. The van der Waals surface area contributed by atoms with Gasteiger partial charge in [0.15, 0.2) is 0 Å². The zero-order valence-electron chi connectivity index (χ0n) is 11.3. The van der Waals surface area contributed by atoms with Crippen LogP contribution in [0.25, 0.3) is 10.9 Å². The van der Waals surface area contributed by atoms with Crippen molar-refractivity contribution in [3.8, 4) is 0 Å². The van der Waals surface area contributed by atoms with Crippen molar-refractivity contribution in [3.63, 3.8) is 0 Å². The van der Waals surface area contributed by atoms with Crippen LogP contribution in [0.3, 0.4) is 0 Å². The first kappa shape index (κ1) is 11.8. The first-order chi connectivity index (χ1) is 8.53. The monoisotopic (exact) mass is 242 g/mol. The predicted molar refractivity (Wildman–Crippen MR) is 76.9 cm³/mol. The number of nitrogens with one attached hydrogen (secondary N) is 1. The Bertz CT molecular complexity index is 573. The molecule has 3 N–H and O–H groups in total. The molecule has 0 unspecified atom stereocenters. The van der Waals surface area contributed by atoms with Crippen LogP contribution in [0, 0.1) is 0 Å². The lowest BCUT2D eigenvalue weighted by molar-refractivity contribution is 0.517. The van der Waals surface area contributed by atoms with E-state index in [9.17, 15) is 0 Å². The van der Waals surface area contributed by atoms with E-state index in [1.807, 2.05) is 0 Å². The number of rotatable bonds is 2. The SMILES string of the molecule is CC(C)(N)Cc1ccc2[nH]c3c(c2c1)CCCC3. The third kappa shape index (κ3) is 2.17. The standard InChI is InChI=1S/C16H22N2/c1-16(2,17)10-11-7-8-15-13(9-11)12-5-3-4-6-14(12)18-15/h7-9,18H,3-6,10,17H2,1-2H3. The molecule has 1 aromatic heterocycles. The molecule has 0 spiro atoms. The van der Waals surface area contributed by atoms with Gasteiger partial charge >= 0.3 is 0 Å². The highest BCUT2D eigenvalue weighted by Crippen LogP contribution is 2.30. The van der Waals surface area contributed by atoms with Crippen molar-refractivity contribution >= 4 is 10.9 Å². The van der Waals surface area contributed by atoms with Crippen molar-refractivity contribution in [2.24, 2.45) is 5.73 Å². The maximum atomic E-state index is 6.12. The summed E-state index contributed by atoms with van der Waals surface area (Å²) in [6, 6.07) is 6.76. The van der Waals surface area contributed by atoms with Gasteiger partial charge in [0.25, 0.3) is 0 Å². The minimum atomic E-state index is -0.135. The molecule has 0 amide bonds. The summed E-state index contributed by atoms with van der Waals surface area (Å²) in [5.74, 6) is 0. The van der Waals surface area contributed by atoms with Crippen LogP contribution in [0.5, 0.6) is 0 Å². The lowest BCUT2D eigenvalue weighted by atomic mass is 9.92. The average molecular weight is 242 g/mol. The summed E-state index contributed by atoms with van der Waals surface area (Å²) in [5.41, 5.74) is 11.6. The van der Waals surface area contributed by atoms with E-state index < -0.39 is 0 Å². The number of fused-ring (bicyclic) bond motifs is 3. The molecule has 18 heavy (non-hydrogen) atoms. The molecule has 2 heteroatoms. The number of nitrogens with two attached hydrogens (primary N) is 1. The highest BCUT2D eigenvalue weighted by atomic mass is 14.7. The second-order valence-electron chi connectivity index (χ2n) is 6.33. The van der Waals surface area contributed by atoms with Gasteiger partial charge in [0, 0.05) is 22.1 Å². The number of benzene rings is 1. The highest BCUT2D eigenvalue weighted by Gasteiger charge is 2.17. The van der Waals surface area contributed by atoms with E-state index in [0.29, 0.717) is 0 Å². The number of aromatic nitrogens is 1. The maximum Gasteiger partial charge on any atom is 0.0459 e. The minimum Gasteiger partial charge on any atom is -0.358 e. The van der Waals surface area contributed by atoms with Crippen LogP contribution < -0.4 is 5.73 Å². The van der Waals surface area contributed by atoms with Crippen LogP contribution in [-0.4, -0.2) is 10.5 Å². The van der Waals surface area contributed by atoms with Crippen molar-refractivity contribution < 1.29 is 0 Å². The molecular weight excluding hydrogens is 220 g/mol. The molecule has 0 radical (unpaired) electrons. The second-order valence-corrected chi connectivity index (χ2v) is 6.33. The number of hydrogen-bond donors (Lipinski definition) is 2. The lowest BCUT2D eigenvalue weighted by Gasteiger charge is -2.18. The van der Waals surface area contributed by atoms with Crippen LogP contribution >= 0.6 is 0 Å². The molecule has 1 aliphatic rings. The van der Waals surface area contributed by atoms with Gasteiger partial charge in [-0.25, -0.2) is 0 Å². The fourth-order valence-corrected chi connectivity index (χ4v) is 3.09. The molecule has 0 saturated carbocycles. The van der Waals surface area contributed by atoms with Gasteiger partial charge in [0.05, 0.1) is 0 Å². The zero-order chi connectivity index (χ0) is 12.8.